The molecule has 0 saturated carbocycles. The Morgan fingerprint density at radius 2 is 2.20 bits per heavy atom. The Kier molecular flexibility index (Phi) is 4.57. The van der Waals surface area contributed by atoms with E-state index in [9.17, 15) is 8.78 Å². The number of nitrogens with two attached hydrogens (primary N) is 1. The zero-order chi connectivity index (χ0) is 14.7. The Morgan fingerprint density at radius 1 is 1.45 bits per heavy atom. The number of nitrogens with zero attached hydrogens (tertiary/aromatic N) is 2. The van der Waals surface area contributed by atoms with Crippen LogP contribution in [0.25, 0.3) is 0 Å². The minimum atomic E-state index is -2.87. The molecule has 0 fully saturated rings. The zero-order valence-corrected chi connectivity index (χ0v) is 11.5. The smallest absolute Gasteiger partial charge is 0.387 e. The number of alkyl halides is 2. The van der Waals surface area contributed by atoms with E-state index in [-0.39, 0.29) is 5.75 Å². The van der Waals surface area contributed by atoms with Crippen LogP contribution >= 0.6 is 11.6 Å². The molecule has 2 N–H and O–H groups in total. The number of hydrogen-bond acceptors (Lipinski definition) is 3. The molecule has 1 aromatic carbocycles. The molecule has 0 saturated heterocycles. The maximum Gasteiger partial charge on any atom is 0.387 e. The third-order valence-corrected chi connectivity index (χ3v) is 3.16. The van der Waals surface area contributed by atoms with Crippen molar-refractivity contribution < 1.29 is 13.5 Å². The Bertz CT molecular complexity index is 589. The summed E-state index contributed by atoms with van der Waals surface area (Å²) in [7, 11) is 0. The fourth-order valence-electron chi connectivity index (χ4n) is 1.98. The molecular formula is C13H14ClF2N3O. The van der Waals surface area contributed by atoms with E-state index in [1.54, 1.807) is 16.8 Å². The predicted molar refractivity (Wildman–Crippen MR) is 72.0 cm³/mol. The van der Waals surface area contributed by atoms with Gasteiger partial charge in [-0.2, -0.15) is 13.9 Å². The van der Waals surface area contributed by atoms with Gasteiger partial charge in [-0.05, 0) is 24.6 Å². The van der Waals surface area contributed by atoms with E-state index in [2.05, 4.69) is 9.84 Å². The molecule has 4 nitrogen and oxygen atoms in total. The minimum Gasteiger partial charge on any atom is -0.435 e. The van der Waals surface area contributed by atoms with Gasteiger partial charge in [0.15, 0.2) is 0 Å². The van der Waals surface area contributed by atoms with E-state index < -0.39 is 12.7 Å². The molecule has 1 heterocycles. The van der Waals surface area contributed by atoms with Gasteiger partial charge in [0, 0.05) is 6.54 Å². The number of aryl methyl sites for hydroxylation is 1. The Balaban J connectivity index is 2.33. The average molecular weight is 302 g/mol. The Hall–Kier alpha value is -1.66. The minimum absolute atomic E-state index is 0.0617. The van der Waals surface area contributed by atoms with Gasteiger partial charge in [-0.3, -0.25) is 4.68 Å². The third-order valence-electron chi connectivity index (χ3n) is 2.87. The standard InChI is InChI=1S/C13H14ClF2N3O/c1-2-19-12(10(14)7-18-19)11(17)8-4-3-5-9(6-8)20-13(15)16/h3-7,11,13H,2,17H2,1H3. The van der Waals surface area contributed by atoms with Crippen LogP contribution in [0.15, 0.2) is 30.5 Å². The molecule has 0 bridgehead atoms. The van der Waals surface area contributed by atoms with E-state index in [4.69, 9.17) is 17.3 Å². The second kappa shape index (κ2) is 6.19. The van der Waals surface area contributed by atoms with Crippen LogP contribution in [0.1, 0.15) is 24.2 Å². The number of ether oxygens (including phenoxy) is 1. The summed E-state index contributed by atoms with van der Waals surface area (Å²) < 4.78 is 30.5. The van der Waals surface area contributed by atoms with Crippen LogP contribution in [-0.4, -0.2) is 16.4 Å². The molecule has 7 heteroatoms. The van der Waals surface area contributed by atoms with Crippen LogP contribution in [0.5, 0.6) is 5.75 Å². The quantitative estimate of drug-likeness (QED) is 0.922. The molecule has 0 radical (unpaired) electrons. The van der Waals surface area contributed by atoms with E-state index in [1.165, 1.54) is 18.3 Å². The van der Waals surface area contributed by atoms with Crippen LogP contribution in [0.2, 0.25) is 5.02 Å². The summed E-state index contributed by atoms with van der Waals surface area (Å²) >= 11 is 6.08. The van der Waals surface area contributed by atoms with E-state index in [0.29, 0.717) is 22.8 Å². The largest absolute Gasteiger partial charge is 0.435 e. The molecule has 2 rings (SSSR count). The Morgan fingerprint density at radius 3 is 2.85 bits per heavy atom. The predicted octanol–water partition coefficient (Wildman–Crippen LogP) is 3.21. The third kappa shape index (κ3) is 3.08. The van der Waals surface area contributed by atoms with Crippen LogP contribution in [-0.2, 0) is 6.54 Å². The summed E-state index contributed by atoms with van der Waals surface area (Å²) in [6.07, 6.45) is 1.51. The van der Waals surface area contributed by atoms with Gasteiger partial charge in [0.1, 0.15) is 5.75 Å². The molecule has 0 spiro atoms. The fraction of sp³-hybridized carbons (Fsp3) is 0.308. The summed E-state index contributed by atoms with van der Waals surface area (Å²) in [5.41, 5.74) is 7.42. The van der Waals surface area contributed by atoms with Crippen molar-refractivity contribution in [2.24, 2.45) is 5.73 Å². The van der Waals surface area contributed by atoms with Gasteiger partial charge in [-0.25, -0.2) is 0 Å². The zero-order valence-electron chi connectivity index (χ0n) is 10.8. The van der Waals surface area contributed by atoms with Crippen molar-refractivity contribution in [3.63, 3.8) is 0 Å². The van der Waals surface area contributed by atoms with Crippen molar-refractivity contribution in [3.05, 3.63) is 46.7 Å². The topological polar surface area (TPSA) is 53.1 Å². The number of aromatic nitrogens is 2. The van der Waals surface area contributed by atoms with Crippen molar-refractivity contribution in [2.75, 3.05) is 0 Å². The molecule has 1 unspecified atom stereocenters. The molecule has 0 amide bonds. The molecule has 1 atom stereocenters. The highest BCUT2D eigenvalue weighted by molar-refractivity contribution is 6.31. The van der Waals surface area contributed by atoms with Crippen molar-refractivity contribution in [1.29, 1.82) is 0 Å². The fourth-order valence-corrected chi connectivity index (χ4v) is 2.23. The first kappa shape index (κ1) is 14.7. The van der Waals surface area contributed by atoms with Crippen molar-refractivity contribution in [2.45, 2.75) is 26.1 Å². The first-order chi connectivity index (χ1) is 9.52. The molecule has 0 aliphatic rings. The lowest BCUT2D eigenvalue weighted by molar-refractivity contribution is -0.0498. The first-order valence-electron chi connectivity index (χ1n) is 6.04. The molecule has 2 aromatic rings. The van der Waals surface area contributed by atoms with Crippen molar-refractivity contribution >= 4 is 11.6 Å². The highest BCUT2D eigenvalue weighted by Gasteiger charge is 2.18. The van der Waals surface area contributed by atoms with Crippen LogP contribution in [0.3, 0.4) is 0 Å². The van der Waals surface area contributed by atoms with E-state index >= 15 is 0 Å². The summed E-state index contributed by atoms with van der Waals surface area (Å²) in [5.74, 6) is 0.0617. The van der Waals surface area contributed by atoms with E-state index in [0.717, 1.165) is 0 Å². The van der Waals surface area contributed by atoms with Gasteiger partial charge in [0.05, 0.1) is 23.0 Å². The Labute approximate surface area is 120 Å². The van der Waals surface area contributed by atoms with Gasteiger partial charge in [-0.1, -0.05) is 23.7 Å². The van der Waals surface area contributed by atoms with Gasteiger partial charge < -0.3 is 10.5 Å². The molecule has 20 heavy (non-hydrogen) atoms. The highest BCUT2D eigenvalue weighted by Crippen LogP contribution is 2.28. The van der Waals surface area contributed by atoms with Crippen molar-refractivity contribution in [3.8, 4) is 5.75 Å². The number of hydrogen-bond donors (Lipinski definition) is 1. The maximum atomic E-state index is 12.2. The monoisotopic (exact) mass is 301 g/mol. The van der Waals surface area contributed by atoms with Crippen molar-refractivity contribution in [1.82, 2.24) is 9.78 Å². The maximum absolute atomic E-state index is 12.2. The van der Waals surface area contributed by atoms with Crippen LogP contribution in [0, 0.1) is 0 Å². The second-order valence-corrected chi connectivity index (χ2v) is 4.53. The molecule has 108 valence electrons. The molecule has 1 aromatic heterocycles. The highest BCUT2D eigenvalue weighted by atomic mass is 35.5. The van der Waals surface area contributed by atoms with Crippen LogP contribution in [0.4, 0.5) is 8.78 Å². The number of halogens is 3. The van der Waals surface area contributed by atoms with Crippen LogP contribution < -0.4 is 10.5 Å². The number of benzene rings is 1. The van der Waals surface area contributed by atoms with Gasteiger partial charge in [0.2, 0.25) is 0 Å². The normalized spacial score (nSPS) is 12.7. The summed E-state index contributed by atoms with van der Waals surface area (Å²) in [6.45, 7) is -0.343. The summed E-state index contributed by atoms with van der Waals surface area (Å²) in [6, 6.07) is 5.69. The van der Waals surface area contributed by atoms with Gasteiger partial charge in [0.25, 0.3) is 0 Å². The summed E-state index contributed by atoms with van der Waals surface area (Å²) in [5, 5.41) is 4.55. The van der Waals surface area contributed by atoms with E-state index in [1.807, 2.05) is 6.92 Å². The summed E-state index contributed by atoms with van der Waals surface area (Å²) in [4.78, 5) is 0. The molecule has 0 aliphatic carbocycles. The average Bonchev–Trinajstić information content (AvgIpc) is 2.78. The lowest BCUT2D eigenvalue weighted by atomic mass is 10.0. The number of rotatable bonds is 5. The molecular weight excluding hydrogens is 288 g/mol. The lowest BCUT2D eigenvalue weighted by Gasteiger charge is -2.15. The first-order valence-corrected chi connectivity index (χ1v) is 6.42. The van der Waals surface area contributed by atoms with Gasteiger partial charge >= 0.3 is 6.61 Å². The second-order valence-electron chi connectivity index (χ2n) is 4.12. The van der Waals surface area contributed by atoms with Gasteiger partial charge in [-0.15, -0.1) is 0 Å². The molecule has 0 aliphatic heterocycles. The SMILES string of the molecule is CCn1ncc(Cl)c1C(N)c1cccc(OC(F)F)c1. The lowest BCUT2D eigenvalue weighted by Crippen LogP contribution is -2.17.